The second-order valence-corrected chi connectivity index (χ2v) is 7.93. The van der Waals surface area contributed by atoms with Gasteiger partial charge in [0.15, 0.2) is 5.82 Å². The third kappa shape index (κ3) is 4.15. The van der Waals surface area contributed by atoms with Crippen LogP contribution in [0.2, 0.25) is 0 Å². The molecule has 0 atom stereocenters. The Labute approximate surface area is 161 Å². The molecule has 1 aromatic heterocycles. The fourth-order valence-corrected chi connectivity index (χ4v) is 3.78. The van der Waals surface area contributed by atoms with Gasteiger partial charge in [-0.15, -0.1) is 10.2 Å². The van der Waals surface area contributed by atoms with E-state index in [1.165, 1.54) is 29.5 Å². The lowest BCUT2D eigenvalue weighted by Crippen LogP contribution is -2.41. The third-order valence-electron chi connectivity index (χ3n) is 5.76. The number of rotatable bonds is 5. The number of aryl methyl sites for hydroxylation is 3. The Morgan fingerprint density at radius 3 is 2.81 bits per heavy atom. The molecule has 1 N–H and O–H groups in total. The smallest absolute Gasteiger partial charge is 0.318 e. The molecule has 2 amide bonds. The van der Waals surface area contributed by atoms with Crippen molar-refractivity contribution in [1.29, 1.82) is 0 Å². The van der Waals surface area contributed by atoms with Gasteiger partial charge in [-0.3, -0.25) is 0 Å². The average molecular weight is 367 g/mol. The molecule has 6 heteroatoms. The van der Waals surface area contributed by atoms with Gasteiger partial charge in [-0.25, -0.2) is 4.79 Å². The molecule has 1 saturated carbocycles. The van der Waals surface area contributed by atoms with Crippen molar-refractivity contribution in [2.75, 3.05) is 0 Å². The molecular weight excluding hydrogens is 338 g/mol. The van der Waals surface area contributed by atoms with Crippen LogP contribution in [0.3, 0.4) is 0 Å². The van der Waals surface area contributed by atoms with Gasteiger partial charge in [0.2, 0.25) is 0 Å². The van der Waals surface area contributed by atoms with Crippen LogP contribution >= 0.6 is 0 Å². The number of carbonyl (C=O) groups excluding carboxylic acids is 1. The first kappa shape index (κ1) is 18.0. The first-order valence-corrected chi connectivity index (χ1v) is 10.1. The summed E-state index contributed by atoms with van der Waals surface area (Å²) in [5.41, 5.74) is 3.75. The van der Waals surface area contributed by atoms with Gasteiger partial charge >= 0.3 is 6.03 Å². The Morgan fingerprint density at radius 1 is 1.19 bits per heavy atom. The average Bonchev–Trinajstić information content (AvgIpc) is 3.46. The summed E-state index contributed by atoms with van der Waals surface area (Å²) in [5, 5.41) is 11.7. The van der Waals surface area contributed by atoms with E-state index >= 15 is 0 Å². The topological polar surface area (TPSA) is 63.1 Å². The summed E-state index contributed by atoms with van der Waals surface area (Å²) in [4.78, 5) is 14.8. The van der Waals surface area contributed by atoms with E-state index in [2.05, 4.69) is 52.1 Å². The van der Waals surface area contributed by atoms with Gasteiger partial charge < -0.3 is 14.8 Å². The molecule has 0 bridgehead atoms. The normalized spacial score (nSPS) is 16.5. The maximum Gasteiger partial charge on any atom is 0.318 e. The minimum absolute atomic E-state index is 0.00157. The van der Waals surface area contributed by atoms with E-state index in [4.69, 9.17) is 0 Å². The van der Waals surface area contributed by atoms with Crippen LogP contribution in [0.5, 0.6) is 0 Å². The van der Waals surface area contributed by atoms with Crippen LogP contribution in [0.1, 0.15) is 60.4 Å². The first-order valence-electron chi connectivity index (χ1n) is 10.1. The van der Waals surface area contributed by atoms with Crippen LogP contribution in [-0.2, 0) is 26.1 Å². The predicted octanol–water partition coefficient (Wildman–Crippen LogP) is 3.50. The molecule has 1 aliphatic carbocycles. The van der Waals surface area contributed by atoms with E-state index in [9.17, 15) is 4.79 Å². The SMILES string of the molecule is Cc1ccc(CN(C(=O)NCc2nnc3n2CCCCC3)C2CC2)cc1C. The van der Waals surface area contributed by atoms with E-state index < -0.39 is 0 Å². The van der Waals surface area contributed by atoms with E-state index in [0.717, 1.165) is 43.9 Å². The summed E-state index contributed by atoms with van der Waals surface area (Å²) >= 11 is 0. The van der Waals surface area contributed by atoms with E-state index in [0.29, 0.717) is 19.1 Å². The summed E-state index contributed by atoms with van der Waals surface area (Å²) in [6.45, 7) is 6.31. The monoisotopic (exact) mass is 367 g/mol. The Hall–Kier alpha value is -2.37. The highest BCUT2D eigenvalue weighted by atomic mass is 16.2. The van der Waals surface area contributed by atoms with Crippen molar-refractivity contribution in [2.45, 2.75) is 78.0 Å². The number of amides is 2. The standard InChI is InChI=1S/C21H29N5O/c1-15-7-8-17(12-16(15)2)14-26(18-9-10-18)21(27)22-13-20-24-23-19-6-4-3-5-11-25(19)20/h7-8,12,18H,3-6,9-11,13-14H2,1-2H3,(H,22,27). The number of benzene rings is 1. The van der Waals surface area contributed by atoms with Crippen molar-refractivity contribution < 1.29 is 4.79 Å². The summed E-state index contributed by atoms with van der Waals surface area (Å²) in [6.07, 6.45) is 6.75. The zero-order valence-electron chi connectivity index (χ0n) is 16.4. The van der Waals surface area contributed by atoms with Crippen molar-refractivity contribution in [2.24, 2.45) is 0 Å². The molecule has 1 fully saturated rings. The lowest BCUT2D eigenvalue weighted by Gasteiger charge is -2.23. The van der Waals surface area contributed by atoms with Crippen molar-refractivity contribution in [3.63, 3.8) is 0 Å². The summed E-state index contributed by atoms with van der Waals surface area (Å²) < 4.78 is 2.19. The fraction of sp³-hybridized carbons (Fsp3) is 0.571. The zero-order valence-corrected chi connectivity index (χ0v) is 16.4. The highest BCUT2D eigenvalue weighted by molar-refractivity contribution is 5.74. The summed E-state index contributed by atoms with van der Waals surface area (Å²) in [5.74, 6) is 1.94. The molecule has 1 aromatic carbocycles. The first-order chi connectivity index (χ1) is 13.1. The van der Waals surface area contributed by atoms with E-state index in [-0.39, 0.29) is 6.03 Å². The highest BCUT2D eigenvalue weighted by Gasteiger charge is 2.32. The van der Waals surface area contributed by atoms with Gasteiger partial charge in [0.05, 0.1) is 6.54 Å². The van der Waals surface area contributed by atoms with Gasteiger partial charge in [-0.1, -0.05) is 24.6 Å². The Bertz CT molecular complexity index is 824. The number of hydrogen-bond acceptors (Lipinski definition) is 3. The fourth-order valence-electron chi connectivity index (χ4n) is 3.78. The molecule has 4 rings (SSSR count). The third-order valence-corrected chi connectivity index (χ3v) is 5.76. The van der Waals surface area contributed by atoms with E-state index in [1.807, 2.05) is 4.90 Å². The van der Waals surface area contributed by atoms with Crippen LogP contribution in [-0.4, -0.2) is 31.7 Å². The summed E-state index contributed by atoms with van der Waals surface area (Å²) in [6, 6.07) is 6.82. The Kier molecular flexibility index (Phi) is 5.14. The minimum Gasteiger partial charge on any atom is -0.331 e. The molecule has 144 valence electrons. The van der Waals surface area contributed by atoms with E-state index in [1.54, 1.807) is 0 Å². The number of urea groups is 1. The predicted molar refractivity (Wildman–Crippen MR) is 104 cm³/mol. The van der Waals surface area contributed by atoms with Crippen LogP contribution in [0.15, 0.2) is 18.2 Å². The van der Waals surface area contributed by atoms with Crippen molar-refractivity contribution >= 4 is 6.03 Å². The van der Waals surface area contributed by atoms with Gasteiger partial charge in [0, 0.05) is 25.6 Å². The number of fused-ring (bicyclic) bond motifs is 1. The van der Waals surface area contributed by atoms with Gasteiger partial charge in [-0.2, -0.15) is 0 Å². The highest BCUT2D eigenvalue weighted by Crippen LogP contribution is 2.28. The van der Waals surface area contributed by atoms with Gasteiger partial charge in [-0.05, 0) is 56.2 Å². The van der Waals surface area contributed by atoms with Crippen LogP contribution < -0.4 is 5.32 Å². The molecule has 6 nitrogen and oxygen atoms in total. The number of carbonyl (C=O) groups is 1. The maximum atomic E-state index is 12.9. The number of aromatic nitrogens is 3. The lowest BCUT2D eigenvalue weighted by molar-refractivity contribution is 0.191. The molecule has 2 heterocycles. The molecule has 0 saturated heterocycles. The summed E-state index contributed by atoms with van der Waals surface area (Å²) in [7, 11) is 0. The quantitative estimate of drug-likeness (QED) is 0.880. The minimum atomic E-state index is 0.00157. The second-order valence-electron chi connectivity index (χ2n) is 7.93. The Balaban J connectivity index is 1.41. The van der Waals surface area contributed by atoms with Crippen molar-refractivity contribution in [1.82, 2.24) is 25.0 Å². The number of hydrogen-bond donors (Lipinski definition) is 1. The molecule has 1 aliphatic heterocycles. The molecule has 0 spiro atoms. The number of nitrogens with zero attached hydrogens (tertiary/aromatic N) is 4. The molecule has 2 aromatic rings. The molecule has 27 heavy (non-hydrogen) atoms. The Morgan fingerprint density at radius 2 is 2.04 bits per heavy atom. The van der Waals surface area contributed by atoms with Crippen LogP contribution in [0.4, 0.5) is 4.79 Å². The lowest BCUT2D eigenvalue weighted by atomic mass is 10.1. The molecular formula is C21H29N5O. The molecule has 2 aliphatic rings. The van der Waals surface area contributed by atoms with Crippen LogP contribution in [0, 0.1) is 13.8 Å². The molecule has 0 radical (unpaired) electrons. The van der Waals surface area contributed by atoms with Crippen molar-refractivity contribution in [3.05, 3.63) is 46.5 Å². The largest absolute Gasteiger partial charge is 0.331 e. The molecule has 0 unspecified atom stereocenters. The van der Waals surface area contributed by atoms with Crippen LogP contribution in [0.25, 0.3) is 0 Å². The second kappa shape index (κ2) is 7.71. The van der Waals surface area contributed by atoms with Gasteiger partial charge in [0.25, 0.3) is 0 Å². The van der Waals surface area contributed by atoms with Crippen molar-refractivity contribution in [3.8, 4) is 0 Å². The maximum absolute atomic E-state index is 12.9. The van der Waals surface area contributed by atoms with Gasteiger partial charge in [0.1, 0.15) is 5.82 Å². The zero-order chi connectivity index (χ0) is 18.8. The number of nitrogens with one attached hydrogen (secondary N) is 1.